The second kappa shape index (κ2) is 4.86. The van der Waals surface area contributed by atoms with Gasteiger partial charge in [-0.1, -0.05) is 0 Å². The number of hydrogen-bond donors (Lipinski definition) is 0. The van der Waals surface area contributed by atoms with Gasteiger partial charge in [0, 0.05) is 35.4 Å². The van der Waals surface area contributed by atoms with E-state index in [9.17, 15) is 4.79 Å². The number of pyridine rings is 1. The summed E-state index contributed by atoms with van der Waals surface area (Å²) in [4.78, 5) is 16.1. The van der Waals surface area contributed by atoms with Gasteiger partial charge in [0.1, 0.15) is 11.5 Å². The maximum atomic E-state index is 11.7. The van der Waals surface area contributed by atoms with E-state index in [1.165, 1.54) is 0 Å². The number of hydrogen-bond acceptors (Lipinski definition) is 3. The van der Waals surface area contributed by atoms with Crippen LogP contribution in [0.4, 0.5) is 0 Å². The van der Waals surface area contributed by atoms with E-state index in [1.807, 2.05) is 20.0 Å². The van der Waals surface area contributed by atoms with Crippen molar-refractivity contribution in [2.24, 2.45) is 5.92 Å². The zero-order chi connectivity index (χ0) is 12.4. The Morgan fingerprint density at radius 1 is 1.47 bits per heavy atom. The molecule has 1 fully saturated rings. The standard InChI is InChI=1S/C14H19NO2/c1-9-8-15-12(10(2)14(9)17-3)7-11-5-4-6-13(11)16/h8,11H,4-7H2,1-3H3. The summed E-state index contributed by atoms with van der Waals surface area (Å²) in [6.45, 7) is 4.01. The fraction of sp³-hybridized carbons (Fsp3) is 0.571. The lowest BCUT2D eigenvalue weighted by atomic mass is 9.97. The third-order valence-corrected chi connectivity index (χ3v) is 3.62. The zero-order valence-corrected chi connectivity index (χ0v) is 10.7. The molecule has 1 aromatic rings. The van der Waals surface area contributed by atoms with Crippen molar-refractivity contribution in [3.05, 3.63) is 23.0 Å². The fourth-order valence-corrected chi connectivity index (χ4v) is 2.61. The molecule has 0 bridgehead atoms. The van der Waals surface area contributed by atoms with Crippen LogP contribution in [0.3, 0.4) is 0 Å². The van der Waals surface area contributed by atoms with Crippen LogP contribution in [0.1, 0.15) is 36.1 Å². The Hall–Kier alpha value is -1.38. The Labute approximate surface area is 102 Å². The first-order chi connectivity index (χ1) is 8.13. The number of carbonyl (C=O) groups is 1. The predicted molar refractivity (Wildman–Crippen MR) is 66.3 cm³/mol. The second-order valence-electron chi connectivity index (χ2n) is 4.81. The smallest absolute Gasteiger partial charge is 0.136 e. The number of methoxy groups -OCH3 is 1. The number of aryl methyl sites for hydroxylation is 1. The van der Waals surface area contributed by atoms with Crippen LogP contribution in [0.2, 0.25) is 0 Å². The lowest BCUT2D eigenvalue weighted by Gasteiger charge is -2.14. The molecule has 1 aliphatic carbocycles. The number of aromatic nitrogens is 1. The number of ether oxygens (including phenoxy) is 1. The van der Waals surface area contributed by atoms with Crippen LogP contribution < -0.4 is 4.74 Å². The molecule has 92 valence electrons. The Balaban J connectivity index is 2.24. The van der Waals surface area contributed by atoms with Crippen molar-refractivity contribution in [3.8, 4) is 5.75 Å². The van der Waals surface area contributed by atoms with Gasteiger partial charge in [0.15, 0.2) is 0 Å². The highest BCUT2D eigenvalue weighted by molar-refractivity contribution is 5.83. The summed E-state index contributed by atoms with van der Waals surface area (Å²) in [5, 5.41) is 0. The summed E-state index contributed by atoms with van der Waals surface area (Å²) in [5.41, 5.74) is 3.13. The van der Waals surface area contributed by atoms with E-state index in [1.54, 1.807) is 7.11 Å². The number of carbonyl (C=O) groups excluding carboxylic acids is 1. The molecule has 3 heteroatoms. The van der Waals surface area contributed by atoms with Gasteiger partial charge in [-0.3, -0.25) is 9.78 Å². The molecule has 0 N–H and O–H groups in total. The van der Waals surface area contributed by atoms with E-state index in [0.29, 0.717) is 5.78 Å². The van der Waals surface area contributed by atoms with Gasteiger partial charge < -0.3 is 4.74 Å². The molecule has 3 nitrogen and oxygen atoms in total. The summed E-state index contributed by atoms with van der Waals surface area (Å²) >= 11 is 0. The Kier molecular flexibility index (Phi) is 3.46. The zero-order valence-electron chi connectivity index (χ0n) is 10.7. The van der Waals surface area contributed by atoms with Crippen LogP contribution in [0.15, 0.2) is 6.20 Å². The van der Waals surface area contributed by atoms with Crippen molar-refractivity contribution in [1.29, 1.82) is 0 Å². The predicted octanol–water partition coefficient (Wildman–Crippen LogP) is 2.62. The van der Waals surface area contributed by atoms with E-state index in [4.69, 9.17) is 4.74 Å². The highest BCUT2D eigenvalue weighted by atomic mass is 16.5. The molecule has 1 saturated carbocycles. The Bertz CT molecular complexity index is 440. The molecular formula is C14H19NO2. The summed E-state index contributed by atoms with van der Waals surface area (Å²) < 4.78 is 5.38. The van der Waals surface area contributed by atoms with Gasteiger partial charge in [0.05, 0.1) is 7.11 Å². The van der Waals surface area contributed by atoms with Gasteiger partial charge in [0.2, 0.25) is 0 Å². The quantitative estimate of drug-likeness (QED) is 0.805. The Morgan fingerprint density at radius 3 is 2.82 bits per heavy atom. The molecule has 1 atom stereocenters. The highest BCUT2D eigenvalue weighted by Crippen LogP contribution is 2.29. The summed E-state index contributed by atoms with van der Waals surface area (Å²) in [6, 6.07) is 0. The van der Waals surface area contributed by atoms with Crippen LogP contribution in [-0.2, 0) is 11.2 Å². The summed E-state index contributed by atoms with van der Waals surface area (Å²) in [6.07, 6.45) is 5.39. The summed E-state index contributed by atoms with van der Waals surface area (Å²) in [7, 11) is 1.68. The number of nitrogens with zero attached hydrogens (tertiary/aromatic N) is 1. The monoisotopic (exact) mass is 233 g/mol. The molecule has 0 aliphatic heterocycles. The topological polar surface area (TPSA) is 39.2 Å². The van der Waals surface area contributed by atoms with Crippen LogP contribution in [0.5, 0.6) is 5.75 Å². The van der Waals surface area contributed by atoms with Gasteiger partial charge >= 0.3 is 0 Å². The molecule has 0 spiro atoms. The first-order valence-electron chi connectivity index (χ1n) is 6.15. The average Bonchev–Trinajstić information content (AvgIpc) is 2.69. The second-order valence-corrected chi connectivity index (χ2v) is 4.81. The molecule has 0 saturated heterocycles. The molecular weight excluding hydrogens is 214 g/mol. The van der Waals surface area contributed by atoms with Crippen LogP contribution in [-0.4, -0.2) is 17.9 Å². The van der Waals surface area contributed by atoms with Crippen LogP contribution >= 0.6 is 0 Å². The minimum atomic E-state index is 0.175. The van der Waals surface area contributed by atoms with Crippen LogP contribution in [0, 0.1) is 19.8 Å². The lowest BCUT2D eigenvalue weighted by molar-refractivity contribution is -0.120. The minimum absolute atomic E-state index is 0.175. The molecule has 0 aromatic carbocycles. The average molecular weight is 233 g/mol. The Morgan fingerprint density at radius 2 is 2.24 bits per heavy atom. The SMILES string of the molecule is COc1c(C)cnc(CC2CCCC2=O)c1C. The van der Waals surface area contributed by atoms with Crippen molar-refractivity contribution < 1.29 is 9.53 Å². The molecule has 1 aliphatic rings. The largest absolute Gasteiger partial charge is 0.496 e. The molecule has 0 radical (unpaired) electrons. The molecule has 0 amide bonds. The fourth-order valence-electron chi connectivity index (χ4n) is 2.61. The number of ketones is 1. The maximum Gasteiger partial charge on any atom is 0.136 e. The van der Waals surface area contributed by atoms with Crippen molar-refractivity contribution in [3.63, 3.8) is 0 Å². The first-order valence-corrected chi connectivity index (χ1v) is 6.15. The van der Waals surface area contributed by atoms with Gasteiger partial charge in [-0.15, -0.1) is 0 Å². The van der Waals surface area contributed by atoms with Crippen molar-refractivity contribution >= 4 is 5.78 Å². The molecule has 2 rings (SSSR count). The maximum absolute atomic E-state index is 11.7. The normalized spacial score (nSPS) is 19.7. The van der Waals surface area contributed by atoms with E-state index in [-0.39, 0.29) is 5.92 Å². The van der Waals surface area contributed by atoms with E-state index in [2.05, 4.69) is 4.98 Å². The number of rotatable bonds is 3. The first kappa shape index (κ1) is 12.1. The molecule has 1 unspecified atom stereocenters. The van der Waals surface area contributed by atoms with E-state index >= 15 is 0 Å². The van der Waals surface area contributed by atoms with Crippen molar-refractivity contribution in [1.82, 2.24) is 4.98 Å². The highest BCUT2D eigenvalue weighted by Gasteiger charge is 2.26. The third kappa shape index (κ3) is 2.33. The van der Waals surface area contributed by atoms with Gasteiger partial charge in [-0.2, -0.15) is 0 Å². The molecule has 17 heavy (non-hydrogen) atoms. The third-order valence-electron chi connectivity index (χ3n) is 3.62. The summed E-state index contributed by atoms with van der Waals surface area (Å²) in [5.74, 6) is 1.47. The number of Topliss-reactive ketones (excluding diaryl/α,β-unsaturated/α-hetero) is 1. The van der Waals surface area contributed by atoms with Gasteiger partial charge in [-0.25, -0.2) is 0 Å². The molecule has 1 aromatic heterocycles. The van der Waals surface area contributed by atoms with Crippen molar-refractivity contribution in [2.75, 3.05) is 7.11 Å². The lowest BCUT2D eigenvalue weighted by Crippen LogP contribution is -2.12. The van der Waals surface area contributed by atoms with E-state index < -0.39 is 0 Å². The van der Waals surface area contributed by atoms with Crippen molar-refractivity contribution in [2.45, 2.75) is 39.5 Å². The minimum Gasteiger partial charge on any atom is -0.496 e. The van der Waals surface area contributed by atoms with Crippen LogP contribution in [0.25, 0.3) is 0 Å². The molecule has 1 heterocycles. The van der Waals surface area contributed by atoms with E-state index in [0.717, 1.165) is 48.3 Å². The van der Waals surface area contributed by atoms with Gasteiger partial charge in [0.25, 0.3) is 0 Å². The van der Waals surface area contributed by atoms with Gasteiger partial charge in [-0.05, 0) is 33.1 Å².